The highest BCUT2D eigenvalue weighted by Gasteiger charge is 2.44. The van der Waals surface area contributed by atoms with E-state index in [-0.39, 0.29) is 17.2 Å². The van der Waals surface area contributed by atoms with Crippen LogP contribution in [0.1, 0.15) is 51.4 Å². The Morgan fingerprint density at radius 1 is 0.906 bits per heavy atom. The standard InChI is InChI=1S/C25H35N5O2/c1-27-21-9-3-2-8-20(21)26-24(27)29-16-14-28(15-17-29)12-6-7-13-30-22(31)18-25(19-23(30)32)10-4-5-11-25/h2-3,8-9H,4-7,10-19H2,1H3. The summed E-state index contributed by atoms with van der Waals surface area (Å²) >= 11 is 0. The summed E-state index contributed by atoms with van der Waals surface area (Å²) in [4.78, 5) is 36.5. The zero-order valence-corrected chi connectivity index (χ0v) is 19.3. The number of hydrogen-bond donors (Lipinski definition) is 0. The number of carbonyl (C=O) groups is 2. The summed E-state index contributed by atoms with van der Waals surface area (Å²) in [6.07, 6.45) is 7.54. The zero-order chi connectivity index (χ0) is 22.1. The third kappa shape index (κ3) is 4.15. The van der Waals surface area contributed by atoms with Crippen LogP contribution in [-0.4, -0.2) is 70.4 Å². The number of carbonyl (C=O) groups excluding carboxylic acids is 2. The van der Waals surface area contributed by atoms with Crippen molar-refractivity contribution < 1.29 is 9.59 Å². The van der Waals surface area contributed by atoms with Crippen molar-refractivity contribution in [2.75, 3.05) is 44.2 Å². The normalized spacial score (nSPS) is 21.9. The molecule has 2 saturated heterocycles. The number of imide groups is 1. The number of aryl methyl sites for hydroxylation is 1. The summed E-state index contributed by atoms with van der Waals surface area (Å²) in [5.41, 5.74) is 2.22. The van der Waals surface area contributed by atoms with Crippen LogP contribution in [0.5, 0.6) is 0 Å². The molecule has 7 nitrogen and oxygen atoms in total. The van der Waals surface area contributed by atoms with Crippen molar-refractivity contribution in [2.45, 2.75) is 51.4 Å². The van der Waals surface area contributed by atoms with Crippen molar-refractivity contribution in [3.8, 4) is 0 Å². The first kappa shape index (κ1) is 21.4. The Morgan fingerprint density at radius 3 is 2.25 bits per heavy atom. The fourth-order valence-electron chi connectivity index (χ4n) is 5.95. The molecule has 1 spiro atoms. The number of piperazine rings is 1. The highest BCUT2D eigenvalue weighted by molar-refractivity contribution is 5.98. The molecule has 1 aromatic carbocycles. The number of nitrogens with zero attached hydrogens (tertiary/aromatic N) is 5. The molecule has 2 amide bonds. The minimum absolute atomic E-state index is 0.00337. The summed E-state index contributed by atoms with van der Waals surface area (Å²) in [7, 11) is 2.09. The Kier molecular flexibility index (Phi) is 5.93. The van der Waals surface area contributed by atoms with E-state index >= 15 is 0 Å². The molecule has 0 N–H and O–H groups in total. The maximum absolute atomic E-state index is 12.6. The van der Waals surface area contributed by atoms with Crippen molar-refractivity contribution in [1.82, 2.24) is 19.4 Å². The molecule has 0 radical (unpaired) electrons. The van der Waals surface area contributed by atoms with Gasteiger partial charge in [-0.2, -0.15) is 0 Å². The number of piperidine rings is 1. The topological polar surface area (TPSA) is 61.7 Å². The van der Waals surface area contributed by atoms with Gasteiger partial charge >= 0.3 is 0 Å². The second kappa shape index (κ2) is 8.85. The number of fused-ring (bicyclic) bond motifs is 1. The molecule has 3 fully saturated rings. The van der Waals surface area contributed by atoms with Crippen LogP contribution >= 0.6 is 0 Å². The van der Waals surface area contributed by atoms with Crippen molar-refractivity contribution in [3.63, 3.8) is 0 Å². The van der Waals surface area contributed by atoms with E-state index in [1.807, 2.05) is 6.07 Å². The van der Waals surface area contributed by atoms with Gasteiger partial charge in [-0.15, -0.1) is 0 Å². The molecule has 32 heavy (non-hydrogen) atoms. The average Bonchev–Trinajstić information content (AvgIpc) is 3.37. The maximum atomic E-state index is 12.6. The lowest BCUT2D eigenvalue weighted by atomic mass is 9.76. The van der Waals surface area contributed by atoms with Crippen molar-refractivity contribution >= 4 is 28.8 Å². The van der Waals surface area contributed by atoms with Gasteiger partial charge in [0.2, 0.25) is 17.8 Å². The summed E-state index contributed by atoms with van der Waals surface area (Å²) in [6, 6.07) is 8.28. The number of hydrogen-bond acceptors (Lipinski definition) is 5. The summed E-state index contributed by atoms with van der Waals surface area (Å²) in [6.45, 7) is 5.61. The van der Waals surface area contributed by atoms with Gasteiger partial charge < -0.3 is 9.47 Å². The highest BCUT2D eigenvalue weighted by atomic mass is 16.2. The smallest absolute Gasteiger partial charge is 0.229 e. The van der Waals surface area contributed by atoms with Crippen LogP contribution in [0.2, 0.25) is 0 Å². The van der Waals surface area contributed by atoms with Crippen LogP contribution in [0.15, 0.2) is 24.3 Å². The van der Waals surface area contributed by atoms with Crippen LogP contribution in [0.4, 0.5) is 5.95 Å². The number of amides is 2. The molecule has 172 valence electrons. The number of benzene rings is 1. The van der Waals surface area contributed by atoms with Crippen LogP contribution in [0, 0.1) is 5.41 Å². The van der Waals surface area contributed by atoms with Gasteiger partial charge in [0, 0.05) is 52.6 Å². The van der Waals surface area contributed by atoms with E-state index in [1.54, 1.807) is 4.90 Å². The molecular formula is C25H35N5O2. The van der Waals surface area contributed by atoms with Crippen LogP contribution < -0.4 is 4.90 Å². The molecular weight excluding hydrogens is 402 g/mol. The van der Waals surface area contributed by atoms with Gasteiger partial charge in [0.25, 0.3) is 0 Å². The predicted molar refractivity (Wildman–Crippen MR) is 125 cm³/mol. The molecule has 1 aliphatic carbocycles. The lowest BCUT2D eigenvalue weighted by molar-refractivity contribution is -0.153. The number of rotatable bonds is 6. The van der Waals surface area contributed by atoms with Gasteiger partial charge in [-0.3, -0.25) is 19.4 Å². The van der Waals surface area contributed by atoms with Crippen LogP contribution in [0.3, 0.4) is 0 Å². The summed E-state index contributed by atoms with van der Waals surface area (Å²) in [5.74, 6) is 1.19. The monoisotopic (exact) mass is 437 g/mol. The van der Waals surface area contributed by atoms with E-state index in [2.05, 4.69) is 39.6 Å². The van der Waals surface area contributed by atoms with E-state index in [0.29, 0.717) is 19.4 Å². The average molecular weight is 438 g/mol. The van der Waals surface area contributed by atoms with Gasteiger partial charge in [-0.1, -0.05) is 25.0 Å². The SMILES string of the molecule is Cn1c(N2CCN(CCCCN3C(=O)CC4(CCCC4)CC3=O)CC2)nc2ccccc21. The summed E-state index contributed by atoms with van der Waals surface area (Å²) in [5, 5.41) is 0. The molecule has 3 aliphatic rings. The zero-order valence-electron chi connectivity index (χ0n) is 19.3. The molecule has 5 rings (SSSR count). The minimum atomic E-state index is 0.00337. The highest BCUT2D eigenvalue weighted by Crippen LogP contribution is 2.46. The first-order valence-corrected chi connectivity index (χ1v) is 12.3. The third-order valence-corrected chi connectivity index (χ3v) is 7.84. The number of likely N-dealkylation sites (tertiary alicyclic amines) is 1. The Bertz CT molecular complexity index is 965. The quantitative estimate of drug-likeness (QED) is 0.513. The Hall–Kier alpha value is -2.41. The van der Waals surface area contributed by atoms with Crippen molar-refractivity contribution in [2.24, 2.45) is 12.5 Å². The second-order valence-electron chi connectivity index (χ2n) is 10.00. The molecule has 0 bridgehead atoms. The number of imidazole rings is 1. The molecule has 1 aromatic heterocycles. The van der Waals surface area contributed by atoms with Gasteiger partial charge in [0.05, 0.1) is 11.0 Å². The fourth-order valence-corrected chi connectivity index (χ4v) is 5.95. The maximum Gasteiger partial charge on any atom is 0.229 e. The minimum Gasteiger partial charge on any atom is -0.340 e. The van der Waals surface area contributed by atoms with E-state index in [4.69, 9.17) is 4.98 Å². The van der Waals surface area contributed by atoms with Gasteiger partial charge in [-0.25, -0.2) is 4.98 Å². The number of anilines is 1. The fraction of sp³-hybridized carbons (Fsp3) is 0.640. The van der Waals surface area contributed by atoms with E-state index in [0.717, 1.165) is 69.9 Å². The molecule has 3 heterocycles. The predicted octanol–water partition coefficient (Wildman–Crippen LogP) is 3.18. The summed E-state index contributed by atoms with van der Waals surface area (Å²) < 4.78 is 2.19. The largest absolute Gasteiger partial charge is 0.340 e. The molecule has 7 heteroatoms. The Balaban J connectivity index is 1.06. The first-order chi connectivity index (χ1) is 15.5. The first-order valence-electron chi connectivity index (χ1n) is 12.3. The molecule has 2 aliphatic heterocycles. The van der Waals surface area contributed by atoms with Crippen LogP contribution in [0.25, 0.3) is 11.0 Å². The molecule has 0 unspecified atom stereocenters. The van der Waals surface area contributed by atoms with Gasteiger partial charge in [0.15, 0.2) is 0 Å². The van der Waals surface area contributed by atoms with Crippen molar-refractivity contribution in [3.05, 3.63) is 24.3 Å². The lowest BCUT2D eigenvalue weighted by Gasteiger charge is -2.37. The Morgan fingerprint density at radius 2 is 1.56 bits per heavy atom. The van der Waals surface area contributed by atoms with E-state index < -0.39 is 0 Å². The molecule has 2 aromatic rings. The number of unbranched alkanes of at least 4 members (excludes halogenated alkanes) is 1. The lowest BCUT2D eigenvalue weighted by Crippen LogP contribution is -2.48. The van der Waals surface area contributed by atoms with E-state index in [1.165, 1.54) is 18.4 Å². The second-order valence-corrected chi connectivity index (χ2v) is 10.00. The van der Waals surface area contributed by atoms with Gasteiger partial charge in [0.1, 0.15) is 0 Å². The van der Waals surface area contributed by atoms with Gasteiger partial charge in [-0.05, 0) is 49.8 Å². The number of aromatic nitrogens is 2. The Labute approximate surface area is 190 Å². The molecule has 0 atom stereocenters. The third-order valence-electron chi connectivity index (χ3n) is 7.84. The molecule has 1 saturated carbocycles. The van der Waals surface area contributed by atoms with E-state index in [9.17, 15) is 9.59 Å². The number of para-hydroxylation sites is 2. The van der Waals surface area contributed by atoms with Crippen molar-refractivity contribution in [1.29, 1.82) is 0 Å². The van der Waals surface area contributed by atoms with Crippen LogP contribution in [-0.2, 0) is 16.6 Å².